The van der Waals surface area contributed by atoms with E-state index >= 15 is 0 Å². The third-order valence-corrected chi connectivity index (χ3v) is 4.70. The van der Waals surface area contributed by atoms with Crippen LogP contribution in [0.2, 0.25) is 5.02 Å². The molecule has 12 heteroatoms. The summed E-state index contributed by atoms with van der Waals surface area (Å²) in [4.78, 5) is 22.5. The summed E-state index contributed by atoms with van der Waals surface area (Å²) in [7, 11) is 0. The molecule has 2 aromatic carbocycles. The van der Waals surface area contributed by atoms with Gasteiger partial charge >= 0.3 is 0 Å². The van der Waals surface area contributed by atoms with E-state index in [1.165, 1.54) is 28.8 Å². The fourth-order valence-corrected chi connectivity index (χ4v) is 3.03. The first-order valence-electron chi connectivity index (χ1n) is 9.26. The second kappa shape index (κ2) is 8.94. The quantitative estimate of drug-likeness (QED) is 0.257. The van der Waals surface area contributed by atoms with Gasteiger partial charge in [-0.3, -0.25) is 14.9 Å². The molecule has 0 radical (unpaired) electrons. The Balaban J connectivity index is 1.39. The zero-order valence-corrected chi connectivity index (χ0v) is 17.0. The maximum Gasteiger partial charge on any atom is 0.288 e. The number of benzene rings is 2. The number of halogens is 2. The van der Waals surface area contributed by atoms with Gasteiger partial charge in [-0.15, -0.1) is 15.3 Å². The van der Waals surface area contributed by atoms with Gasteiger partial charge in [-0.2, -0.15) is 4.52 Å². The largest absolute Gasteiger partial charge is 0.475 e. The number of aromatic nitrogens is 4. The molecule has 0 fully saturated rings. The number of fused-ring (bicyclic) bond motifs is 1. The molecule has 1 amide bonds. The Morgan fingerprint density at radius 1 is 1.16 bits per heavy atom. The zero-order chi connectivity index (χ0) is 22.7. The van der Waals surface area contributed by atoms with Crippen molar-refractivity contribution in [2.24, 2.45) is 0 Å². The van der Waals surface area contributed by atoms with Crippen LogP contribution in [0.25, 0.3) is 17.0 Å². The number of ether oxygens (including phenoxy) is 1. The van der Waals surface area contributed by atoms with Crippen molar-refractivity contribution in [3.05, 3.63) is 81.1 Å². The van der Waals surface area contributed by atoms with Crippen LogP contribution >= 0.6 is 11.6 Å². The Bertz CT molecular complexity index is 1310. The highest BCUT2D eigenvalue weighted by Gasteiger charge is 2.16. The van der Waals surface area contributed by atoms with E-state index in [-0.39, 0.29) is 41.1 Å². The molecular formula is C20H14ClFN6O4. The van der Waals surface area contributed by atoms with Crippen molar-refractivity contribution < 1.29 is 18.8 Å². The van der Waals surface area contributed by atoms with Gasteiger partial charge in [0.25, 0.3) is 11.6 Å². The maximum atomic E-state index is 13.2. The van der Waals surface area contributed by atoms with E-state index in [4.69, 9.17) is 16.3 Å². The molecule has 0 spiro atoms. The predicted octanol–water partition coefficient (Wildman–Crippen LogP) is 3.30. The second-order valence-corrected chi connectivity index (χ2v) is 6.91. The minimum Gasteiger partial charge on any atom is -0.475 e. The van der Waals surface area contributed by atoms with Crippen molar-refractivity contribution in [2.45, 2.75) is 0 Å². The van der Waals surface area contributed by atoms with Crippen LogP contribution in [-0.4, -0.2) is 43.8 Å². The summed E-state index contributed by atoms with van der Waals surface area (Å²) in [6.45, 7) is 0.218. The van der Waals surface area contributed by atoms with Crippen LogP contribution in [-0.2, 0) is 0 Å². The Morgan fingerprint density at radius 3 is 2.69 bits per heavy atom. The molecule has 0 aliphatic heterocycles. The van der Waals surface area contributed by atoms with E-state index in [1.807, 2.05) is 0 Å². The van der Waals surface area contributed by atoms with Crippen molar-refractivity contribution >= 4 is 28.8 Å². The number of nitro groups is 1. The molecule has 0 unspecified atom stereocenters. The average molecular weight is 457 g/mol. The van der Waals surface area contributed by atoms with Crippen LogP contribution in [0.1, 0.15) is 10.4 Å². The molecule has 2 heterocycles. The molecule has 1 N–H and O–H groups in total. The third-order valence-electron chi connectivity index (χ3n) is 4.38. The molecule has 0 aliphatic carbocycles. The van der Waals surface area contributed by atoms with E-state index in [0.717, 1.165) is 6.07 Å². The average Bonchev–Trinajstić information content (AvgIpc) is 3.20. The number of carbonyl (C=O) groups is 1. The third kappa shape index (κ3) is 4.47. The van der Waals surface area contributed by atoms with Gasteiger partial charge < -0.3 is 10.1 Å². The first-order chi connectivity index (χ1) is 15.4. The number of rotatable bonds is 7. The van der Waals surface area contributed by atoms with E-state index in [9.17, 15) is 19.3 Å². The summed E-state index contributed by atoms with van der Waals surface area (Å²) >= 11 is 5.75. The fraction of sp³-hybridized carbons (Fsp3) is 0.100. The highest BCUT2D eigenvalue weighted by Crippen LogP contribution is 2.25. The fourth-order valence-electron chi connectivity index (χ4n) is 2.84. The standard InChI is InChI=1S/C20H14ClFN6O4/c21-15-6-3-13(11-16(15)28(30)31)20(29)23-9-10-32-18-8-7-17-24-25-19(27(17)26-18)12-1-4-14(22)5-2-12/h1-8,11H,9-10H2,(H,23,29). The molecule has 2 aromatic heterocycles. The van der Waals surface area contributed by atoms with Crippen LogP contribution in [0.4, 0.5) is 10.1 Å². The molecule has 0 saturated heterocycles. The summed E-state index contributed by atoms with van der Waals surface area (Å²) in [5, 5.41) is 25.9. The van der Waals surface area contributed by atoms with Crippen LogP contribution in [0.15, 0.2) is 54.6 Å². The molecular weight excluding hydrogens is 443 g/mol. The Labute approximate surface area is 184 Å². The van der Waals surface area contributed by atoms with E-state index in [2.05, 4.69) is 20.6 Å². The topological polar surface area (TPSA) is 125 Å². The lowest BCUT2D eigenvalue weighted by Gasteiger charge is -2.08. The number of carbonyl (C=O) groups excluding carboxylic acids is 1. The minimum atomic E-state index is -0.658. The van der Waals surface area contributed by atoms with Crippen molar-refractivity contribution in [1.29, 1.82) is 0 Å². The van der Waals surface area contributed by atoms with Gasteiger partial charge in [0, 0.05) is 23.3 Å². The lowest BCUT2D eigenvalue weighted by Crippen LogP contribution is -2.28. The van der Waals surface area contributed by atoms with Crippen molar-refractivity contribution in [1.82, 2.24) is 25.1 Å². The highest BCUT2D eigenvalue weighted by molar-refractivity contribution is 6.32. The molecule has 10 nitrogen and oxygen atoms in total. The van der Waals surface area contributed by atoms with Crippen molar-refractivity contribution in [2.75, 3.05) is 13.2 Å². The lowest BCUT2D eigenvalue weighted by atomic mass is 10.2. The number of amides is 1. The second-order valence-electron chi connectivity index (χ2n) is 6.50. The van der Waals surface area contributed by atoms with Crippen molar-refractivity contribution in [3.63, 3.8) is 0 Å². The maximum absolute atomic E-state index is 13.2. The molecule has 32 heavy (non-hydrogen) atoms. The van der Waals surface area contributed by atoms with Crippen LogP contribution in [0, 0.1) is 15.9 Å². The van der Waals surface area contributed by atoms with Gasteiger partial charge in [0.2, 0.25) is 5.88 Å². The molecule has 0 atom stereocenters. The number of nitrogens with one attached hydrogen (secondary N) is 1. The van der Waals surface area contributed by atoms with Crippen LogP contribution in [0.5, 0.6) is 5.88 Å². The Hall–Kier alpha value is -4.12. The monoisotopic (exact) mass is 456 g/mol. The van der Waals surface area contributed by atoms with Gasteiger partial charge in [0.1, 0.15) is 17.4 Å². The molecule has 4 aromatic rings. The molecule has 0 saturated carbocycles. The zero-order valence-electron chi connectivity index (χ0n) is 16.2. The number of hydrogen-bond donors (Lipinski definition) is 1. The smallest absolute Gasteiger partial charge is 0.288 e. The molecule has 0 aliphatic rings. The van der Waals surface area contributed by atoms with Gasteiger partial charge in [0.15, 0.2) is 11.5 Å². The molecule has 4 rings (SSSR count). The minimum absolute atomic E-state index is 0.0506. The number of nitrogens with zero attached hydrogens (tertiary/aromatic N) is 5. The van der Waals surface area contributed by atoms with E-state index in [0.29, 0.717) is 17.0 Å². The number of nitro benzene ring substituents is 1. The first kappa shape index (κ1) is 21.1. The van der Waals surface area contributed by atoms with Gasteiger partial charge in [-0.1, -0.05) is 11.6 Å². The van der Waals surface area contributed by atoms with Crippen LogP contribution < -0.4 is 10.1 Å². The SMILES string of the molecule is O=C(NCCOc1ccc2nnc(-c3ccc(F)cc3)n2n1)c1ccc(Cl)c([N+](=O)[O-])c1. The molecule has 0 bridgehead atoms. The van der Waals surface area contributed by atoms with Gasteiger partial charge in [-0.25, -0.2) is 4.39 Å². The summed E-state index contributed by atoms with van der Waals surface area (Å²) < 4.78 is 20.2. The predicted molar refractivity (Wildman–Crippen MR) is 112 cm³/mol. The van der Waals surface area contributed by atoms with Crippen molar-refractivity contribution in [3.8, 4) is 17.3 Å². The Morgan fingerprint density at radius 2 is 1.94 bits per heavy atom. The first-order valence-corrected chi connectivity index (χ1v) is 9.63. The Kier molecular flexibility index (Phi) is 5.90. The van der Waals surface area contributed by atoms with E-state index < -0.39 is 10.8 Å². The van der Waals surface area contributed by atoms with Crippen LogP contribution in [0.3, 0.4) is 0 Å². The number of hydrogen-bond acceptors (Lipinski definition) is 7. The summed E-state index contributed by atoms with van der Waals surface area (Å²) in [5.74, 6) is -0.191. The normalized spacial score (nSPS) is 10.8. The molecule has 162 valence electrons. The summed E-state index contributed by atoms with van der Waals surface area (Å²) in [5.41, 5.74) is 0.871. The highest BCUT2D eigenvalue weighted by atomic mass is 35.5. The van der Waals surface area contributed by atoms with Gasteiger partial charge in [0.05, 0.1) is 11.5 Å². The summed E-state index contributed by atoms with van der Waals surface area (Å²) in [6.07, 6.45) is 0. The summed E-state index contributed by atoms with van der Waals surface area (Å²) in [6, 6.07) is 12.8. The lowest BCUT2D eigenvalue weighted by molar-refractivity contribution is -0.384. The van der Waals surface area contributed by atoms with E-state index in [1.54, 1.807) is 24.3 Å². The van der Waals surface area contributed by atoms with Gasteiger partial charge in [-0.05, 0) is 42.5 Å².